The molecule has 1 aromatic heterocycles. The van der Waals surface area contributed by atoms with Crippen molar-refractivity contribution in [2.75, 3.05) is 25.0 Å². The maximum Gasteiger partial charge on any atom is 0.0670 e. The first-order valence-corrected chi connectivity index (χ1v) is 8.31. The largest absolute Gasteiger partial charge is 0.385 e. The van der Waals surface area contributed by atoms with Crippen molar-refractivity contribution in [2.24, 2.45) is 5.92 Å². The first kappa shape index (κ1) is 13.1. The highest BCUT2D eigenvalue weighted by Crippen LogP contribution is 2.31. The molecule has 2 atom stereocenters. The zero-order chi connectivity index (χ0) is 14.1. The van der Waals surface area contributed by atoms with Gasteiger partial charge in [-0.25, -0.2) is 0 Å². The minimum Gasteiger partial charge on any atom is -0.385 e. The molecular formula is C17H24N4. The Morgan fingerprint density at radius 3 is 3.14 bits per heavy atom. The SMILES string of the molecule is c1cc2cn[nH]c2cc1NCC1CCCN2CCCCC12. The molecule has 4 rings (SSSR count). The number of nitrogens with one attached hydrogen (secondary N) is 2. The van der Waals surface area contributed by atoms with E-state index in [9.17, 15) is 0 Å². The Labute approximate surface area is 125 Å². The van der Waals surface area contributed by atoms with Crippen LogP contribution in [0.5, 0.6) is 0 Å². The van der Waals surface area contributed by atoms with E-state index in [1.165, 1.54) is 56.3 Å². The number of H-pyrrole nitrogens is 1. The Bertz CT molecular complexity index is 604. The Balaban J connectivity index is 1.43. The third kappa shape index (κ3) is 2.64. The van der Waals surface area contributed by atoms with Crippen molar-refractivity contribution in [3.05, 3.63) is 24.4 Å². The normalized spacial score (nSPS) is 26.7. The highest BCUT2D eigenvalue weighted by atomic mass is 15.2. The first-order chi connectivity index (χ1) is 10.4. The molecule has 1 aromatic carbocycles. The van der Waals surface area contributed by atoms with Crippen molar-refractivity contribution in [1.82, 2.24) is 15.1 Å². The third-order valence-electron chi connectivity index (χ3n) is 5.24. The van der Waals surface area contributed by atoms with Gasteiger partial charge in [-0.05, 0) is 62.9 Å². The molecule has 2 aromatic rings. The van der Waals surface area contributed by atoms with E-state index in [0.717, 1.165) is 24.0 Å². The molecule has 2 aliphatic heterocycles. The molecule has 0 radical (unpaired) electrons. The second kappa shape index (κ2) is 5.68. The van der Waals surface area contributed by atoms with Crippen molar-refractivity contribution in [3.63, 3.8) is 0 Å². The summed E-state index contributed by atoms with van der Waals surface area (Å²) >= 11 is 0. The molecular weight excluding hydrogens is 260 g/mol. The lowest BCUT2D eigenvalue weighted by atomic mass is 9.83. The summed E-state index contributed by atoms with van der Waals surface area (Å²) in [4.78, 5) is 2.73. The second-order valence-electron chi connectivity index (χ2n) is 6.55. The van der Waals surface area contributed by atoms with Crippen molar-refractivity contribution >= 4 is 16.6 Å². The van der Waals surface area contributed by atoms with Crippen molar-refractivity contribution in [1.29, 1.82) is 0 Å². The maximum absolute atomic E-state index is 4.09. The Hall–Kier alpha value is -1.55. The van der Waals surface area contributed by atoms with Crippen LogP contribution in [-0.4, -0.2) is 40.8 Å². The summed E-state index contributed by atoms with van der Waals surface area (Å²) in [6.45, 7) is 3.74. The molecule has 4 heteroatoms. The van der Waals surface area contributed by atoms with Crippen LogP contribution in [0.15, 0.2) is 24.4 Å². The lowest BCUT2D eigenvalue weighted by Gasteiger charge is -2.44. The Kier molecular flexibility index (Phi) is 3.55. The molecule has 2 N–H and O–H groups in total. The van der Waals surface area contributed by atoms with Gasteiger partial charge in [-0.15, -0.1) is 0 Å². The average molecular weight is 284 g/mol. The lowest BCUT2D eigenvalue weighted by Crippen LogP contribution is -2.49. The van der Waals surface area contributed by atoms with Gasteiger partial charge in [0, 0.05) is 23.7 Å². The molecule has 0 amide bonds. The topological polar surface area (TPSA) is 44.0 Å². The Morgan fingerprint density at radius 1 is 1.19 bits per heavy atom. The fourth-order valence-electron chi connectivity index (χ4n) is 4.11. The molecule has 2 aliphatic rings. The van der Waals surface area contributed by atoms with Gasteiger partial charge in [-0.3, -0.25) is 5.10 Å². The molecule has 21 heavy (non-hydrogen) atoms. The maximum atomic E-state index is 4.09. The van der Waals surface area contributed by atoms with Gasteiger partial charge in [-0.1, -0.05) is 6.42 Å². The minimum atomic E-state index is 0.802. The van der Waals surface area contributed by atoms with Gasteiger partial charge in [-0.2, -0.15) is 5.10 Å². The number of hydrogen-bond donors (Lipinski definition) is 2. The molecule has 0 spiro atoms. The van der Waals surface area contributed by atoms with E-state index >= 15 is 0 Å². The first-order valence-electron chi connectivity index (χ1n) is 8.31. The number of nitrogens with zero attached hydrogens (tertiary/aromatic N) is 2. The fourth-order valence-corrected chi connectivity index (χ4v) is 4.11. The smallest absolute Gasteiger partial charge is 0.0670 e. The third-order valence-corrected chi connectivity index (χ3v) is 5.24. The summed E-state index contributed by atoms with van der Waals surface area (Å²) in [6.07, 6.45) is 8.82. The molecule has 4 nitrogen and oxygen atoms in total. The van der Waals surface area contributed by atoms with Gasteiger partial charge in [0.25, 0.3) is 0 Å². The predicted molar refractivity (Wildman–Crippen MR) is 86.5 cm³/mol. The molecule has 0 aliphatic carbocycles. The summed E-state index contributed by atoms with van der Waals surface area (Å²) in [6, 6.07) is 7.29. The molecule has 3 heterocycles. The highest BCUT2D eigenvalue weighted by Gasteiger charge is 2.32. The van der Waals surface area contributed by atoms with Gasteiger partial charge >= 0.3 is 0 Å². The van der Waals surface area contributed by atoms with Crippen LogP contribution in [-0.2, 0) is 0 Å². The zero-order valence-electron chi connectivity index (χ0n) is 12.5. The standard InChI is InChI=1S/C17H24N4/c1-2-8-21-9-3-4-14(17(21)5-1)11-18-15-7-6-13-12-19-20-16(13)10-15/h6-7,10,12,14,17-18H,1-5,8-9,11H2,(H,19,20). The summed E-state index contributed by atoms with van der Waals surface area (Å²) in [5.41, 5.74) is 2.32. The van der Waals surface area contributed by atoms with Crippen LogP contribution in [0, 0.1) is 5.92 Å². The van der Waals surface area contributed by atoms with Gasteiger partial charge in [0.1, 0.15) is 0 Å². The number of aromatic nitrogens is 2. The van der Waals surface area contributed by atoms with Gasteiger partial charge in [0.2, 0.25) is 0 Å². The van der Waals surface area contributed by atoms with Crippen LogP contribution in [0.3, 0.4) is 0 Å². The summed E-state index contributed by atoms with van der Waals surface area (Å²) < 4.78 is 0. The number of fused-ring (bicyclic) bond motifs is 2. The summed E-state index contributed by atoms with van der Waals surface area (Å²) in [5, 5.41) is 12.0. The average Bonchev–Trinajstić information content (AvgIpc) is 3.00. The monoisotopic (exact) mass is 284 g/mol. The van der Waals surface area contributed by atoms with E-state index in [0.29, 0.717) is 0 Å². The number of hydrogen-bond acceptors (Lipinski definition) is 3. The molecule has 0 bridgehead atoms. The van der Waals surface area contributed by atoms with Crippen LogP contribution >= 0.6 is 0 Å². The highest BCUT2D eigenvalue weighted by molar-refractivity contribution is 5.81. The van der Waals surface area contributed by atoms with Crippen molar-refractivity contribution < 1.29 is 0 Å². The minimum absolute atomic E-state index is 0.802. The van der Waals surface area contributed by atoms with E-state index in [4.69, 9.17) is 0 Å². The number of benzene rings is 1. The van der Waals surface area contributed by atoms with Crippen LogP contribution < -0.4 is 5.32 Å². The van der Waals surface area contributed by atoms with E-state index in [1.54, 1.807) is 0 Å². The summed E-state index contributed by atoms with van der Waals surface area (Å²) in [5.74, 6) is 0.802. The number of anilines is 1. The molecule has 2 saturated heterocycles. The van der Waals surface area contributed by atoms with Crippen LogP contribution in [0.4, 0.5) is 5.69 Å². The quantitative estimate of drug-likeness (QED) is 0.909. The Morgan fingerprint density at radius 2 is 2.14 bits per heavy atom. The number of rotatable bonds is 3. The molecule has 0 saturated carbocycles. The fraction of sp³-hybridized carbons (Fsp3) is 0.588. The zero-order valence-corrected chi connectivity index (χ0v) is 12.5. The van der Waals surface area contributed by atoms with E-state index < -0.39 is 0 Å². The van der Waals surface area contributed by atoms with Gasteiger partial charge in [0.15, 0.2) is 0 Å². The molecule has 2 fully saturated rings. The van der Waals surface area contributed by atoms with Crippen molar-refractivity contribution in [2.45, 2.75) is 38.1 Å². The lowest BCUT2D eigenvalue weighted by molar-refractivity contribution is 0.0649. The van der Waals surface area contributed by atoms with E-state index in [-0.39, 0.29) is 0 Å². The van der Waals surface area contributed by atoms with Crippen molar-refractivity contribution in [3.8, 4) is 0 Å². The van der Waals surface area contributed by atoms with Crippen LogP contribution in [0.1, 0.15) is 32.1 Å². The number of aromatic amines is 1. The second-order valence-corrected chi connectivity index (χ2v) is 6.55. The van der Waals surface area contributed by atoms with Gasteiger partial charge in [0.05, 0.1) is 11.7 Å². The number of piperidine rings is 2. The predicted octanol–water partition coefficient (Wildman–Crippen LogP) is 3.24. The van der Waals surface area contributed by atoms with Crippen LogP contribution in [0.2, 0.25) is 0 Å². The molecule has 2 unspecified atom stereocenters. The van der Waals surface area contributed by atoms with E-state index in [1.807, 2.05) is 6.20 Å². The van der Waals surface area contributed by atoms with E-state index in [2.05, 4.69) is 38.6 Å². The summed E-state index contributed by atoms with van der Waals surface area (Å²) in [7, 11) is 0. The van der Waals surface area contributed by atoms with Crippen LogP contribution in [0.25, 0.3) is 10.9 Å². The van der Waals surface area contributed by atoms with Gasteiger partial charge < -0.3 is 10.2 Å². The molecule has 112 valence electrons.